The summed E-state index contributed by atoms with van der Waals surface area (Å²) in [5, 5.41) is 0.466. The maximum Gasteiger partial charge on any atom is 0.416 e. The quantitative estimate of drug-likeness (QED) is 0.860. The minimum atomic E-state index is -4.35. The number of nitrogen functional groups attached to an aromatic ring is 1. The second-order valence-corrected chi connectivity index (χ2v) is 4.82. The van der Waals surface area contributed by atoms with E-state index in [9.17, 15) is 13.2 Å². The molecular weight excluding hydrogens is 255 g/mol. The highest BCUT2D eigenvalue weighted by molar-refractivity contribution is 5.83. The highest BCUT2D eigenvalue weighted by atomic mass is 19.4. The van der Waals surface area contributed by atoms with Gasteiger partial charge in [-0.05, 0) is 31.0 Å². The van der Waals surface area contributed by atoms with Crippen LogP contribution in [0.15, 0.2) is 18.2 Å². The molecule has 0 saturated heterocycles. The standard InChI is InChI=1S/C13H12F3N3/c14-13(15,16)8-4-5-10-9(6-8)11(7-2-1-3-7)19-12(17)18-10/h4-7H,1-3H2,(H2,17,18,19). The molecular formula is C13H12F3N3. The van der Waals surface area contributed by atoms with E-state index >= 15 is 0 Å². The van der Waals surface area contributed by atoms with Crippen LogP contribution in [0.1, 0.15) is 36.4 Å². The number of fused-ring (bicyclic) bond motifs is 1. The Morgan fingerprint density at radius 1 is 1.16 bits per heavy atom. The van der Waals surface area contributed by atoms with Gasteiger partial charge < -0.3 is 5.73 Å². The molecule has 2 N–H and O–H groups in total. The lowest BCUT2D eigenvalue weighted by Gasteiger charge is -2.26. The molecule has 3 rings (SSSR count). The van der Waals surface area contributed by atoms with Gasteiger partial charge in [-0.25, -0.2) is 9.97 Å². The Balaban J connectivity index is 2.22. The molecule has 1 aromatic carbocycles. The Labute approximate surface area is 107 Å². The summed E-state index contributed by atoms with van der Waals surface area (Å²) in [5.74, 6) is 0.324. The molecule has 3 nitrogen and oxygen atoms in total. The predicted molar refractivity (Wildman–Crippen MR) is 65.5 cm³/mol. The van der Waals surface area contributed by atoms with Gasteiger partial charge in [-0.2, -0.15) is 13.2 Å². The van der Waals surface area contributed by atoms with Crippen molar-refractivity contribution in [1.29, 1.82) is 0 Å². The first kappa shape index (κ1) is 12.2. The van der Waals surface area contributed by atoms with Gasteiger partial charge in [-0.1, -0.05) is 6.42 Å². The molecule has 100 valence electrons. The molecule has 0 atom stereocenters. The third kappa shape index (κ3) is 2.11. The van der Waals surface area contributed by atoms with Crippen molar-refractivity contribution in [1.82, 2.24) is 9.97 Å². The molecule has 1 fully saturated rings. The van der Waals surface area contributed by atoms with Crippen LogP contribution in [-0.2, 0) is 6.18 Å². The van der Waals surface area contributed by atoms with E-state index in [4.69, 9.17) is 5.73 Å². The van der Waals surface area contributed by atoms with Crippen molar-refractivity contribution >= 4 is 16.9 Å². The molecule has 19 heavy (non-hydrogen) atoms. The third-order valence-corrected chi connectivity index (χ3v) is 3.56. The molecule has 6 heteroatoms. The molecule has 0 aliphatic heterocycles. The predicted octanol–water partition coefficient (Wildman–Crippen LogP) is 3.50. The maximum atomic E-state index is 12.8. The number of benzene rings is 1. The Kier molecular flexibility index (Phi) is 2.62. The van der Waals surface area contributed by atoms with E-state index in [-0.39, 0.29) is 11.9 Å². The SMILES string of the molecule is Nc1nc(C2CCC2)c2cc(C(F)(F)F)ccc2n1. The van der Waals surface area contributed by atoms with Crippen LogP contribution in [-0.4, -0.2) is 9.97 Å². The zero-order valence-corrected chi connectivity index (χ0v) is 10.0. The number of hydrogen-bond donors (Lipinski definition) is 1. The van der Waals surface area contributed by atoms with E-state index in [1.54, 1.807) is 0 Å². The lowest BCUT2D eigenvalue weighted by atomic mass is 9.81. The van der Waals surface area contributed by atoms with Crippen molar-refractivity contribution in [3.8, 4) is 0 Å². The first-order valence-corrected chi connectivity index (χ1v) is 6.09. The largest absolute Gasteiger partial charge is 0.416 e. The van der Waals surface area contributed by atoms with Crippen LogP contribution in [0, 0.1) is 0 Å². The van der Waals surface area contributed by atoms with Gasteiger partial charge in [0.15, 0.2) is 0 Å². The lowest BCUT2D eigenvalue weighted by molar-refractivity contribution is -0.137. The molecule has 1 heterocycles. The minimum absolute atomic E-state index is 0.120. The molecule has 1 aromatic heterocycles. The first-order valence-electron chi connectivity index (χ1n) is 6.09. The Bertz CT molecular complexity index is 633. The fraction of sp³-hybridized carbons (Fsp3) is 0.385. The zero-order chi connectivity index (χ0) is 13.6. The number of alkyl halides is 3. The highest BCUT2D eigenvalue weighted by Crippen LogP contribution is 2.40. The Hall–Kier alpha value is -1.85. The van der Waals surface area contributed by atoms with Gasteiger partial charge in [-0.3, -0.25) is 0 Å². The van der Waals surface area contributed by atoms with E-state index in [0.717, 1.165) is 31.4 Å². The Morgan fingerprint density at radius 2 is 1.89 bits per heavy atom. The fourth-order valence-corrected chi connectivity index (χ4v) is 2.34. The molecule has 2 aromatic rings. The summed E-state index contributed by atoms with van der Waals surface area (Å²) >= 11 is 0. The van der Waals surface area contributed by atoms with E-state index in [0.29, 0.717) is 16.6 Å². The Morgan fingerprint density at radius 3 is 2.47 bits per heavy atom. The number of nitrogens with zero attached hydrogens (tertiary/aromatic N) is 2. The average Bonchev–Trinajstić information content (AvgIpc) is 2.24. The maximum absolute atomic E-state index is 12.8. The summed E-state index contributed by atoms with van der Waals surface area (Å²) < 4.78 is 38.3. The second-order valence-electron chi connectivity index (χ2n) is 4.82. The number of nitrogens with two attached hydrogens (primary N) is 1. The number of halogens is 3. The van der Waals surface area contributed by atoms with Crippen LogP contribution < -0.4 is 5.73 Å². The molecule has 0 unspecified atom stereocenters. The number of anilines is 1. The molecule has 1 aliphatic rings. The third-order valence-electron chi connectivity index (χ3n) is 3.56. The number of rotatable bonds is 1. The number of hydrogen-bond acceptors (Lipinski definition) is 3. The first-order chi connectivity index (χ1) is 8.95. The summed E-state index contributed by atoms with van der Waals surface area (Å²) in [4.78, 5) is 8.15. The second kappa shape index (κ2) is 4.08. The molecule has 0 radical (unpaired) electrons. The van der Waals surface area contributed by atoms with E-state index < -0.39 is 11.7 Å². The smallest absolute Gasteiger partial charge is 0.368 e. The topological polar surface area (TPSA) is 51.8 Å². The van der Waals surface area contributed by atoms with Crippen molar-refractivity contribution in [3.63, 3.8) is 0 Å². The van der Waals surface area contributed by atoms with Gasteiger partial charge in [0.1, 0.15) is 0 Å². The van der Waals surface area contributed by atoms with Crippen molar-refractivity contribution in [2.75, 3.05) is 5.73 Å². The van der Waals surface area contributed by atoms with Crippen LogP contribution in [0.4, 0.5) is 19.1 Å². The molecule has 0 spiro atoms. The highest BCUT2D eigenvalue weighted by Gasteiger charge is 2.32. The normalized spacial score (nSPS) is 16.6. The van der Waals surface area contributed by atoms with E-state index in [1.807, 2.05) is 0 Å². The summed E-state index contributed by atoms with van der Waals surface area (Å²) in [6, 6.07) is 3.51. The van der Waals surface area contributed by atoms with Crippen molar-refractivity contribution < 1.29 is 13.2 Å². The summed E-state index contributed by atoms with van der Waals surface area (Å²) in [6.45, 7) is 0. The molecule has 1 aliphatic carbocycles. The van der Waals surface area contributed by atoms with E-state index in [2.05, 4.69) is 9.97 Å². The monoisotopic (exact) mass is 267 g/mol. The van der Waals surface area contributed by atoms with Gasteiger partial charge in [0.05, 0.1) is 16.8 Å². The molecule has 1 saturated carbocycles. The van der Waals surface area contributed by atoms with Crippen molar-refractivity contribution in [2.24, 2.45) is 0 Å². The van der Waals surface area contributed by atoms with Crippen LogP contribution in [0.25, 0.3) is 10.9 Å². The zero-order valence-electron chi connectivity index (χ0n) is 10.0. The number of aromatic nitrogens is 2. The van der Waals surface area contributed by atoms with E-state index in [1.165, 1.54) is 6.07 Å². The average molecular weight is 267 g/mol. The summed E-state index contributed by atoms with van der Waals surface area (Å²) in [5.41, 5.74) is 6.08. The molecule has 0 amide bonds. The van der Waals surface area contributed by atoms with Crippen molar-refractivity contribution in [3.05, 3.63) is 29.5 Å². The summed E-state index contributed by atoms with van der Waals surface area (Å²) in [7, 11) is 0. The van der Waals surface area contributed by atoms with Gasteiger partial charge >= 0.3 is 6.18 Å². The minimum Gasteiger partial charge on any atom is -0.368 e. The van der Waals surface area contributed by atoms with Crippen molar-refractivity contribution in [2.45, 2.75) is 31.4 Å². The fourth-order valence-electron chi connectivity index (χ4n) is 2.34. The van der Waals surface area contributed by atoms with Crippen LogP contribution >= 0.6 is 0 Å². The van der Waals surface area contributed by atoms with Gasteiger partial charge in [0, 0.05) is 11.3 Å². The summed E-state index contributed by atoms with van der Waals surface area (Å²) in [6.07, 6.45) is -1.38. The molecule has 0 bridgehead atoms. The van der Waals surface area contributed by atoms with Gasteiger partial charge in [0.25, 0.3) is 0 Å². The van der Waals surface area contributed by atoms with Crippen LogP contribution in [0.3, 0.4) is 0 Å². The van der Waals surface area contributed by atoms with Gasteiger partial charge in [0.2, 0.25) is 5.95 Å². The lowest BCUT2D eigenvalue weighted by Crippen LogP contribution is -2.13. The van der Waals surface area contributed by atoms with Crippen LogP contribution in [0.2, 0.25) is 0 Å². The van der Waals surface area contributed by atoms with Crippen LogP contribution in [0.5, 0.6) is 0 Å². The van der Waals surface area contributed by atoms with Gasteiger partial charge in [-0.15, -0.1) is 0 Å².